The van der Waals surface area contributed by atoms with Crippen molar-refractivity contribution in [1.29, 1.82) is 0 Å². The second-order valence-corrected chi connectivity index (χ2v) is 3.67. The molecule has 0 saturated carbocycles. The van der Waals surface area contributed by atoms with Crippen LogP contribution in [0.2, 0.25) is 0 Å². The quantitative estimate of drug-likeness (QED) is 0.675. The van der Waals surface area contributed by atoms with E-state index < -0.39 is 17.6 Å². The van der Waals surface area contributed by atoms with E-state index in [0.29, 0.717) is 6.07 Å². The van der Waals surface area contributed by atoms with Crippen LogP contribution < -0.4 is 0 Å². The Morgan fingerprint density at radius 3 is 2.58 bits per heavy atom. The van der Waals surface area contributed by atoms with Crippen LogP contribution in [0.15, 0.2) is 23.2 Å². The van der Waals surface area contributed by atoms with Gasteiger partial charge in [0.2, 0.25) is 0 Å². The van der Waals surface area contributed by atoms with Crippen LogP contribution in [0.4, 0.5) is 17.6 Å². The predicted molar refractivity (Wildman–Crippen MR) is 60.3 cm³/mol. The number of hydrogen-bond donors (Lipinski definition) is 1. The van der Waals surface area contributed by atoms with Crippen molar-refractivity contribution in [3.05, 3.63) is 35.3 Å². The number of aromatic amines is 1. The largest absolute Gasteiger partial charge is 0.416 e. The van der Waals surface area contributed by atoms with Crippen molar-refractivity contribution in [2.24, 2.45) is 4.99 Å². The lowest BCUT2D eigenvalue weighted by Crippen LogP contribution is -2.06. The minimum Gasteiger partial charge on any atom is -0.294 e. The third-order valence-electron chi connectivity index (χ3n) is 2.32. The Morgan fingerprint density at radius 1 is 1.21 bits per heavy atom. The molecule has 2 aromatic rings. The van der Waals surface area contributed by atoms with Gasteiger partial charge in [-0.15, -0.1) is 0 Å². The SMILES string of the molecule is CN=Cc1n[nH]nc1-c1cc(F)cc(C(F)(F)F)c1. The van der Waals surface area contributed by atoms with Crippen molar-refractivity contribution < 1.29 is 17.6 Å². The van der Waals surface area contributed by atoms with Gasteiger partial charge in [0, 0.05) is 12.6 Å². The zero-order chi connectivity index (χ0) is 14.0. The summed E-state index contributed by atoms with van der Waals surface area (Å²) in [5.74, 6) is -0.993. The Morgan fingerprint density at radius 2 is 1.95 bits per heavy atom. The molecule has 100 valence electrons. The van der Waals surface area contributed by atoms with Crippen molar-refractivity contribution in [3.63, 3.8) is 0 Å². The van der Waals surface area contributed by atoms with Crippen LogP contribution in [0.5, 0.6) is 0 Å². The van der Waals surface area contributed by atoms with Gasteiger partial charge in [0.25, 0.3) is 0 Å². The Balaban J connectivity index is 2.56. The fourth-order valence-electron chi connectivity index (χ4n) is 1.55. The van der Waals surface area contributed by atoms with Gasteiger partial charge in [-0.25, -0.2) is 4.39 Å². The highest BCUT2D eigenvalue weighted by molar-refractivity contribution is 5.86. The molecule has 0 amide bonds. The van der Waals surface area contributed by atoms with Crippen molar-refractivity contribution >= 4 is 6.21 Å². The molecule has 2 rings (SSSR count). The van der Waals surface area contributed by atoms with E-state index in [1.165, 1.54) is 13.3 Å². The van der Waals surface area contributed by atoms with Crippen LogP contribution in [-0.2, 0) is 6.18 Å². The molecule has 1 heterocycles. The normalized spacial score (nSPS) is 12.3. The number of H-pyrrole nitrogens is 1. The fraction of sp³-hybridized carbons (Fsp3) is 0.182. The summed E-state index contributed by atoms with van der Waals surface area (Å²) in [6.45, 7) is 0. The number of alkyl halides is 3. The van der Waals surface area contributed by atoms with Gasteiger partial charge in [-0.2, -0.15) is 28.6 Å². The van der Waals surface area contributed by atoms with Gasteiger partial charge in [-0.1, -0.05) is 0 Å². The molecule has 0 fully saturated rings. The van der Waals surface area contributed by atoms with Crippen molar-refractivity contribution in [1.82, 2.24) is 15.4 Å². The van der Waals surface area contributed by atoms with Gasteiger partial charge in [-0.3, -0.25) is 4.99 Å². The van der Waals surface area contributed by atoms with Crippen molar-refractivity contribution in [2.75, 3.05) is 7.05 Å². The second kappa shape index (κ2) is 4.79. The minimum atomic E-state index is -4.63. The lowest BCUT2D eigenvalue weighted by atomic mass is 10.1. The van der Waals surface area contributed by atoms with E-state index in [9.17, 15) is 17.6 Å². The van der Waals surface area contributed by atoms with Gasteiger partial charge >= 0.3 is 6.18 Å². The molecule has 8 heteroatoms. The number of nitrogens with one attached hydrogen (secondary N) is 1. The summed E-state index contributed by atoms with van der Waals surface area (Å²) in [6.07, 6.45) is -3.31. The Kier molecular flexibility index (Phi) is 3.32. The van der Waals surface area contributed by atoms with E-state index in [1.807, 2.05) is 0 Å². The highest BCUT2D eigenvalue weighted by Gasteiger charge is 2.31. The molecule has 0 spiro atoms. The smallest absolute Gasteiger partial charge is 0.294 e. The van der Waals surface area contributed by atoms with Crippen molar-refractivity contribution in [2.45, 2.75) is 6.18 Å². The Bertz CT molecular complexity index is 615. The van der Waals surface area contributed by atoms with E-state index in [4.69, 9.17) is 0 Å². The zero-order valence-corrected chi connectivity index (χ0v) is 9.66. The van der Waals surface area contributed by atoms with Crippen molar-refractivity contribution in [3.8, 4) is 11.3 Å². The first kappa shape index (κ1) is 13.2. The summed E-state index contributed by atoms with van der Waals surface area (Å²) >= 11 is 0. The molecule has 1 aromatic carbocycles. The van der Waals surface area contributed by atoms with E-state index in [2.05, 4.69) is 20.4 Å². The highest BCUT2D eigenvalue weighted by Crippen LogP contribution is 2.33. The fourth-order valence-corrected chi connectivity index (χ4v) is 1.55. The van der Waals surface area contributed by atoms with Crippen LogP contribution in [0.25, 0.3) is 11.3 Å². The topological polar surface area (TPSA) is 53.9 Å². The molecule has 1 aromatic heterocycles. The standard InChI is InChI=1S/C11H8F4N4/c1-16-5-9-10(18-19-17-9)6-2-7(11(13,14)15)4-8(12)3-6/h2-5H,1H3,(H,17,18,19). The number of benzene rings is 1. The highest BCUT2D eigenvalue weighted by atomic mass is 19.4. The molecule has 0 aliphatic rings. The van der Waals surface area contributed by atoms with Gasteiger partial charge in [0.15, 0.2) is 0 Å². The molecule has 0 atom stereocenters. The summed E-state index contributed by atoms with van der Waals surface area (Å²) in [5, 5.41) is 9.69. The van der Waals surface area contributed by atoms with Gasteiger partial charge in [-0.05, 0) is 18.2 Å². The Hall–Kier alpha value is -2.25. The number of aromatic nitrogens is 3. The minimum absolute atomic E-state index is 0.0176. The first-order chi connectivity index (χ1) is 8.91. The number of aliphatic imine (C=N–C) groups is 1. The number of halogens is 4. The maximum absolute atomic E-state index is 13.3. The first-order valence-electron chi connectivity index (χ1n) is 5.13. The molecule has 0 aliphatic heterocycles. The number of hydrogen-bond acceptors (Lipinski definition) is 3. The van der Waals surface area contributed by atoms with Crippen LogP contribution >= 0.6 is 0 Å². The molecule has 0 aliphatic carbocycles. The number of rotatable bonds is 2. The van der Waals surface area contributed by atoms with Crippen LogP contribution in [0.1, 0.15) is 11.3 Å². The van der Waals surface area contributed by atoms with E-state index in [0.717, 1.165) is 12.1 Å². The van der Waals surface area contributed by atoms with Gasteiger partial charge in [0.1, 0.15) is 17.2 Å². The molecular weight excluding hydrogens is 264 g/mol. The van der Waals surface area contributed by atoms with E-state index in [-0.39, 0.29) is 17.0 Å². The predicted octanol–water partition coefficient (Wildman–Crippen LogP) is 2.68. The van der Waals surface area contributed by atoms with Gasteiger partial charge in [0.05, 0.1) is 11.8 Å². The van der Waals surface area contributed by atoms with Crippen LogP contribution in [0.3, 0.4) is 0 Å². The Labute approximate surface area is 105 Å². The average molecular weight is 272 g/mol. The zero-order valence-electron chi connectivity index (χ0n) is 9.66. The maximum atomic E-state index is 13.3. The molecular formula is C11H8F4N4. The third-order valence-corrected chi connectivity index (χ3v) is 2.32. The molecule has 0 saturated heterocycles. The summed E-state index contributed by atoms with van der Waals surface area (Å²) in [6, 6.07) is 2.20. The van der Waals surface area contributed by atoms with E-state index >= 15 is 0 Å². The average Bonchev–Trinajstić information content (AvgIpc) is 2.76. The molecule has 0 radical (unpaired) electrons. The summed E-state index contributed by atoms with van der Waals surface area (Å²) in [4.78, 5) is 3.69. The molecule has 1 N–H and O–H groups in total. The summed E-state index contributed by atoms with van der Waals surface area (Å²) in [7, 11) is 1.48. The van der Waals surface area contributed by atoms with Gasteiger partial charge < -0.3 is 0 Å². The molecule has 0 unspecified atom stereocenters. The van der Waals surface area contributed by atoms with Crippen LogP contribution in [0, 0.1) is 5.82 Å². The number of nitrogens with zero attached hydrogens (tertiary/aromatic N) is 3. The van der Waals surface area contributed by atoms with E-state index in [1.54, 1.807) is 0 Å². The molecule has 4 nitrogen and oxygen atoms in total. The lowest BCUT2D eigenvalue weighted by molar-refractivity contribution is -0.137. The summed E-state index contributed by atoms with van der Waals surface area (Å²) in [5.41, 5.74) is -0.752. The third kappa shape index (κ3) is 2.78. The lowest BCUT2D eigenvalue weighted by Gasteiger charge is -2.08. The monoisotopic (exact) mass is 272 g/mol. The summed E-state index contributed by atoms with van der Waals surface area (Å²) < 4.78 is 51.1. The molecule has 0 bridgehead atoms. The molecule has 19 heavy (non-hydrogen) atoms. The first-order valence-corrected chi connectivity index (χ1v) is 5.13. The second-order valence-electron chi connectivity index (χ2n) is 3.67. The van der Waals surface area contributed by atoms with Crippen LogP contribution in [-0.4, -0.2) is 28.7 Å². The maximum Gasteiger partial charge on any atom is 0.416 e.